The molecule has 1 saturated heterocycles. The van der Waals surface area contributed by atoms with Crippen molar-refractivity contribution in [2.24, 2.45) is 0 Å². The standard InChI is InChI=1S/C13H27O8P/c1-7-19-22(15,20-8-2)11(14)10-9-18-12(3,16-5)13(4,17-6)21-10/h10-11,14H,7-9H2,1-6H3/t10-,11+,12-,13-/m1/s1. The second kappa shape index (κ2) is 7.68. The van der Waals surface area contributed by atoms with Crippen LogP contribution in [0.25, 0.3) is 0 Å². The van der Waals surface area contributed by atoms with Crippen molar-refractivity contribution in [1.82, 2.24) is 0 Å². The molecule has 0 aromatic carbocycles. The summed E-state index contributed by atoms with van der Waals surface area (Å²) < 4.78 is 45.0. The van der Waals surface area contributed by atoms with Crippen LogP contribution in [0.3, 0.4) is 0 Å². The third-order valence-electron chi connectivity index (χ3n) is 3.78. The van der Waals surface area contributed by atoms with E-state index in [1.54, 1.807) is 27.7 Å². The van der Waals surface area contributed by atoms with E-state index in [9.17, 15) is 9.67 Å². The molecule has 132 valence electrons. The summed E-state index contributed by atoms with van der Waals surface area (Å²) in [5.41, 5.74) is 0. The van der Waals surface area contributed by atoms with Gasteiger partial charge in [0.05, 0.1) is 19.8 Å². The highest BCUT2D eigenvalue weighted by Crippen LogP contribution is 2.55. The van der Waals surface area contributed by atoms with Gasteiger partial charge in [0.2, 0.25) is 11.6 Å². The molecule has 1 fully saturated rings. The van der Waals surface area contributed by atoms with E-state index in [1.807, 2.05) is 0 Å². The zero-order valence-corrected chi connectivity index (χ0v) is 14.9. The molecule has 1 aliphatic heterocycles. The van der Waals surface area contributed by atoms with E-state index < -0.39 is 31.1 Å². The summed E-state index contributed by atoms with van der Waals surface area (Å²) in [6, 6.07) is 0. The van der Waals surface area contributed by atoms with Gasteiger partial charge in [-0.05, 0) is 27.7 Å². The van der Waals surface area contributed by atoms with Crippen molar-refractivity contribution in [2.75, 3.05) is 34.0 Å². The fourth-order valence-electron chi connectivity index (χ4n) is 2.18. The Morgan fingerprint density at radius 3 is 2.09 bits per heavy atom. The van der Waals surface area contributed by atoms with Gasteiger partial charge in [-0.3, -0.25) is 4.57 Å². The quantitative estimate of drug-likeness (QED) is 0.667. The molecule has 0 aromatic heterocycles. The van der Waals surface area contributed by atoms with Crippen molar-refractivity contribution < 1.29 is 37.7 Å². The average molecular weight is 342 g/mol. The highest BCUT2D eigenvalue weighted by atomic mass is 31.2. The summed E-state index contributed by atoms with van der Waals surface area (Å²) >= 11 is 0. The Balaban J connectivity index is 2.96. The van der Waals surface area contributed by atoms with Crippen molar-refractivity contribution in [3.63, 3.8) is 0 Å². The van der Waals surface area contributed by atoms with E-state index >= 15 is 0 Å². The molecule has 9 heteroatoms. The van der Waals surface area contributed by atoms with Crippen LogP contribution < -0.4 is 0 Å². The summed E-state index contributed by atoms with van der Waals surface area (Å²) in [7, 11) is -0.850. The Morgan fingerprint density at radius 2 is 1.68 bits per heavy atom. The molecule has 1 aliphatic rings. The minimum Gasteiger partial charge on any atom is -0.378 e. The molecular weight excluding hydrogens is 315 g/mol. The van der Waals surface area contributed by atoms with E-state index in [0.717, 1.165) is 0 Å². The molecule has 1 rings (SSSR count). The van der Waals surface area contributed by atoms with E-state index in [-0.39, 0.29) is 19.8 Å². The number of hydrogen-bond donors (Lipinski definition) is 1. The van der Waals surface area contributed by atoms with Crippen molar-refractivity contribution in [3.8, 4) is 0 Å². The van der Waals surface area contributed by atoms with Gasteiger partial charge in [0.25, 0.3) is 0 Å². The molecule has 0 spiro atoms. The smallest absolute Gasteiger partial charge is 0.361 e. The zero-order valence-electron chi connectivity index (χ0n) is 14.0. The molecule has 0 amide bonds. The Labute approximate surface area is 131 Å². The van der Waals surface area contributed by atoms with Gasteiger partial charge in [0.1, 0.15) is 6.10 Å². The molecule has 0 unspecified atom stereocenters. The van der Waals surface area contributed by atoms with E-state index in [1.165, 1.54) is 14.2 Å². The number of aliphatic hydroxyl groups excluding tert-OH is 1. The predicted octanol–water partition coefficient (Wildman–Crippen LogP) is 1.71. The molecular formula is C13H27O8P. The van der Waals surface area contributed by atoms with Gasteiger partial charge in [0.15, 0.2) is 5.85 Å². The number of rotatable bonds is 8. The van der Waals surface area contributed by atoms with Crippen LogP contribution in [0.15, 0.2) is 0 Å². The maximum absolute atomic E-state index is 12.6. The molecule has 22 heavy (non-hydrogen) atoms. The van der Waals surface area contributed by atoms with Gasteiger partial charge >= 0.3 is 7.60 Å². The Kier molecular flexibility index (Phi) is 6.98. The minimum absolute atomic E-state index is 0.0470. The summed E-state index contributed by atoms with van der Waals surface area (Å²) in [6.45, 7) is 6.83. The highest BCUT2D eigenvalue weighted by molar-refractivity contribution is 7.54. The molecule has 0 saturated carbocycles. The molecule has 0 aromatic rings. The fraction of sp³-hybridized carbons (Fsp3) is 1.00. The van der Waals surface area contributed by atoms with Crippen LogP contribution in [-0.2, 0) is 32.6 Å². The van der Waals surface area contributed by atoms with Crippen molar-refractivity contribution in [1.29, 1.82) is 0 Å². The highest BCUT2D eigenvalue weighted by Gasteiger charge is 2.56. The molecule has 1 heterocycles. The molecule has 8 nitrogen and oxygen atoms in total. The van der Waals surface area contributed by atoms with Gasteiger partial charge in [0, 0.05) is 14.2 Å². The van der Waals surface area contributed by atoms with Gasteiger partial charge < -0.3 is 33.1 Å². The second-order valence-electron chi connectivity index (χ2n) is 5.06. The third-order valence-corrected chi connectivity index (χ3v) is 5.99. The normalized spacial score (nSPS) is 34.6. The lowest BCUT2D eigenvalue weighted by Gasteiger charge is -2.49. The topological polar surface area (TPSA) is 92.7 Å². The lowest BCUT2D eigenvalue weighted by atomic mass is 10.1. The fourth-order valence-corrected chi connectivity index (χ4v) is 3.83. The van der Waals surface area contributed by atoms with Crippen molar-refractivity contribution >= 4 is 7.60 Å². The first-order chi connectivity index (χ1) is 10.2. The van der Waals surface area contributed by atoms with Crippen molar-refractivity contribution in [2.45, 2.75) is 51.2 Å². The van der Waals surface area contributed by atoms with Crippen LogP contribution in [0.5, 0.6) is 0 Å². The average Bonchev–Trinajstić information content (AvgIpc) is 2.49. The maximum Gasteiger partial charge on any atom is 0.361 e. The summed E-state index contributed by atoms with van der Waals surface area (Å²) in [5, 5.41) is 10.4. The lowest BCUT2D eigenvalue weighted by molar-refractivity contribution is -0.434. The third kappa shape index (κ3) is 3.71. The molecule has 1 N–H and O–H groups in total. The first kappa shape index (κ1) is 20.0. The number of ether oxygens (including phenoxy) is 4. The van der Waals surface area contributed by atoms with E-state index in [4.69, 9.17) is 28.0 Å². The van der Waals surface area contributed by atoms with Crippen molar-refractivity contribution in [3.05, 3.63) is 0 Å². The Morgan fingerprint density at radius 1 is 1.18 bits per heavy atom. The maximum atomic E-state index is 12.6. The number of methoxy groups -OCH3 is 2. The minimum atomic E-state index is -3.74. The van der Waals surface area contributed by atoms with Crippen LogP contribution in [0.2, 0.25) is 0 Å². The van der Waals surface area contributed by atoms with E-state index in [2.05, 4.69) is 0 Å². The SMILES string of the molecule is CCOP(=O)(OCC)[C@H](O)[C@H]1CO[C@@](C)(OC)[C@](C)(OC)O1. The first-order valence-corrected chi connectivity index (χ1v) is 8.82. The van der Waals surface area contributed by atoms with Gasteiger partial charge in [-0.2, -0.15) is 0 Å². The lowest BCUT2D eigenvalue weighted by Crippen LogP contribution is -2.64. The zero-order chi connectivity index (χ0) is 17.0. The summed E-state index contributed by atoms with van der Waals surface area (Å²) in [4.78, 5) is 0. The van der Waals surface area contributed by atoms with Gasteiger partial charge in [-0.25, -0.2) is 0 Å². The van der Waals surface area contributed by atoms with Crippen LogP contribution in [-0.4, -0.2) is 62.7 Å². The van der Waals surface area contributed by atoms with E-state index in [0.29, 0.717) is 0 Å². The molecule has 4 atom stereocenters. The van der Waals surface area contributed by atoms with Crippen LogP contribution >= 0.6 is 7.60 Å². The summed E-state index contributed by atoms with van der Waals surface area (Å²) in [6.07, 6.45) is -0.947. The monoisotopic (exact) mass is 342 g/mol. The van der Waals surface area contributed by atoms with Gasteiger partial charge in [-0.1, -0.05) is 0 Å². The van der Waals surface area contributed by atoms with Gasteiger partial charge in [-0.15, -0.1) is 0 Å². The first-order valence-electron chi connectivity index (χ1n) is 7.20. The Hall–Kier alpha value is -0.0500. The van der Waals surface area contributed by atoms with Crippen LogP contribution in [0.4, 0.5) is 0 Å². The molecule has 0 aliphatic carbocycles. The number of aliphatic hydroxyl groups is 1. The predicted molar refractivity (Wildman–Crippen MR) is 78.5 cm³/mol. The molecule has 0 bridgehead atoms. The summed E-state index contributed by atoms with van der Waals surface area (Å²) in [5.74, 6) is -3.96. The number of hydrogen-bond acceptors (Lipinski definition) is 8. The Bertz CT molecular complexity index is 396. The second-order valence-corrected chi connectivity index (χ2v) is 7.18. The van der Waals surface area contributed by atoms with Crippen LogP contribution in [0, 0.1) is 0 Å². The van der Waals surface area contributed by atoms with Crippen LogP contribution in [0.1, 0.15) is 27.7 Å². The molecule has 0 radical (unpaired) electrons. The largest absolute Gasteiger partial charge is 0.378 e.